The lowest BCUT2D eigenvalue weighted by atomic mass is 9.62. The van der Waals surface area contributed by atoms with Gasteiger partial charge in [-0.1, -0.05) is 0 Å². The average Bonchev–Trinajstić information content (AvgIpc) is 0.724. The fourth-order valence-corrected chi connectivity index (χ4v) is 13.8. The summed E-state index contributed by atoms with van der Waals surface area (Å²) in [6.45, 7) is 0. The third-order valence-corrected chi connectivity index (χ3v) is 17.3. The molecule has 0 bridgehead atoms. The molecule has 12 aromatic carbocycles. The second kappa shape index (κ2) is 29.4. The number of halogens is 24. The highest BCUT2D eigenvalue weighted by atomic mass is 19.2. The summed E-state index contributed by atoms with van der Waals surface area (Å²) in [7, 11) is -3.96. The standard InChI is InChI=1S/C78H39BF24O3/c80-49-1-37(2-50(81)25-49)73(76(40-7-55(86)28-56(87)8-40,41-9-57(88)29-58(89)10-41)42-11-59(90)30-60(91)12-42)104-79(105-74(38-3-51(82)26-52(83)4-38)77(43-13-61(92)31-62(93)14-43,44-15-63(94)32-64(95)16-44)45-17-65(96)33-66(97)18-45)106-75(39-5-53(84)27-54(85)6-39)78(46-19-67(98)34-68(99)20-46,47-21-69(100)35-70(101)22-47)48-23-71(102)36-72(103)24-48/h1-36,73-75H. The summed E-state index contributed by atoms with van der Waals surface area (Å²) in [5, 5.41) is 0. The Kier molecular flexibility index (Phi) is 20.7. The molecule has 12 rings (SSSR count). The van der Waals surface area contributed by atoms with Gasteiger partial charge >= 0.3 is 7.32 Å². The maximum Gasteiger partial charge on any atom is 0.640 e. The van der Waals surface area contributed by atoms with E-state index < -0.39 is 248 Å². The monoisotopic (exact) mass is 1490 g/mol. The van der Waals surface area contributed by atoms with Crippen molar-refractivity contribution in [1.82, 2.24) is 0 Å². The Hall–Kier alpha value is -11.1. The van der Waals surface area contributed by atoms with E-state index in [0.29, 0.717) is 0 Å². The fraction of sp³-hybridized carbons (Fsp3) is 0.0769. The van der Waals surface area contributed by atoms with Gasteiger partial charge in [0.2, 0.25) is 0 Å². The average molecular weight is 1490 g/mol. The van der Waals surface area contributed by atoms with Crippen LogP contribution in [0.25, 0.3) is 0 Å². The van der Waals surface area contributed by atoms with E-state index in [4.69, 9.17) is 14.0 Å². The largest absolute Gasteiger partial charge is 0.640 e. The minimum atomic E-state index is -3.96. The first kappa shape index (κ1) is 74.6. The quantitative estimate of drug-likeness (QED) is 0.0408. The van der Waals surface area contributed by atoms with Crippen LogP contribution in [0.5, 0.6) is 0 Å². The molecule has 3 atom stereocenters. The minimum Gasteiger partial charge on any atom is -0.377 e. The van der Waals surface area contributed by atoms with Gasteiger partial charge in [0, 0.05) is 72.8 Å². The Balaban J connectivity index is 1.35. The Bertz CT molecular complexity index is 4270. The molecule has 0 heterocycles. The van der Waals surface area contributed by atoms with Crippen molar-refractivity contribution >= 4 is 7.32 Å². The van der Waals surface area contributed by atoms with Crippen LogP contribution in [0.4, 0.5) is 105 Å². The maximum atomic E-state index is 16.7. The van der Waals surface area contributed by atoms with Crippen LogP contribution in [0.1, 0.15) is 85.1 Å². The van der Waals surface area contributed by atoms with Crippen molar-refractivity contribution in [2.24, 2.45) is 0 Å². The van der Waals surface area contributed by atoms with Crippen molar-refractivity contribution in [2.75, 3.05) is 0 Å². The molecular weight excluding hydrogens is 1450 g/mol. The number of hydrogen-bond acceptors (Lipinski definition) is 3. The van der Waals surface area contributed by atoms with Crippen molar-refractivity contribution in [2.45, 2.75) is 34.6 Å². The first-order valence-corrected chi connectivity index (χ1v) is 30.7. The molecule has 0 fully saturated rings. The lowest BCUT2D eigenvalue weighted by Gasteiger charge is -2.47. The first-order chi connectivity index (χ1) is 50.2. The summed E-state index contributed by atoms with van der Waals surface area (Å²) >= 11 is 0. The molecule has 0 N–H and O–H groups in total. The SMILES string of the molecule is Fc1cc(F)cc(C(OB(OC(c2cc(F)cc(F)c2)C(c2cc(F)cc(F)c2)(c2cc(F)cc(F)c2)c2cc(F)cc(F)c2)OC(c2cc(F)cc(F)c2)C(c2cc(F)cc(F)c2)(c2cc(F)cc(F)c2)c2cc(F)cc(F)c2)C(c2cc(F)cc(F)c2)(c2cc(F)cc(F)c2)c2cc(F)cc(F)c2)c1. The Morgan fingerprint density at radius 2 is 0.245 bits per heavy atom. The molecule has 3 nitrogen and oxygen atoms in total. The van der Waals surface area contributed by atoms with E-state index in [1.165, 1.54) is 0 Å². The molecule has 0 aromatic heterocycles. The minimum absolute atomic E-state index is 0.0901. The highest BCUT2D eigenvalue weighted by Gasteiger charge is 2.57. The van der Waals surface area contributed by atoms with Crippen LogP contribution in [0.3, 0.4) is 0 Å². The van der Waals surface area contributed by atoms with E-state index in [1.54, 1.807) is 0 Å². The zero-order valence-corrected chi connectivity index (χ0v) is 52.9. The second-order valence-corrected chi connectivity index (χ2v) is 24.3. The van der Waals surface area contributed by atoms with E-state index in [9.17, 15) is 0 Å². The van der Waals surface area contributed by atoms with Crippen molar-refractivity contribution in [1.29, 1.82) is 0 Å². The zero-order valence-electron chi connectivity index (χ0n) is 52.9. The maximum absolute atomic E-state index is 16.7. The Morgan fingerprint density at radius 3 is 0.349 bits per heavy atom. The zero-order chi connectivity index (χ0) is 76.2. The van der Waals surface area contributed by atoms with E-state index in [0.717, 1.165) is 0 Å². The molecular formula is C78H39BF24O3. The highest BCUT2D eigenvalue weighted by Crippen LogP contribution is 2.58. The molecule has 106 heavy (non-hydrogen) atoms. The van der Waals surface area contributed by atoms with E-state index in [2.05, 4.69) is 0 Å². The molecule has 0 saturated carbocycles. The van der Waals surface area contributed by atoms with Gasteiger partial charge in [0.1, 0.15) is 140 Å². The summed E-state index contributed by atoms with van der Waals surface area (Å²) in [4.78, 5) is 0. The summed E-state index contributed by atoms with van der Waals surface area (Å²) < 4.78 is 420. The molecule has 0 aliphatic carbocycles. The van der Waals surface area contributed by atoms with Gasteiger partial charge in [-0.25, -0.2) is 105 Å². The predicted octanol–water partition coefficient (Wildman–Crippen LogP) is 21.7. The van der Waals surface area contributed by atoms with Gasteiger partial charge in [0.05, 0.1) is 34.6 Å². The van der Waals surface area contributed by atoms with Crippen LogP contribution >= 0.6 is 0 Å². The van der Waals surface area contributed by atoms with Crippen LogP contribution in [-0.4, -0.2) is 7.32 Å². The van der Waals surface area contributed by atoms with E-state index in [1.807, 2.05) is 0 Å². The topological polar surface area (TPSA) is 27.7 Å². The van der Waals surface area contributed by atoms with Crippen molar-refractivity contribution in [3.63, 3.8) is 0 Å². The van der Waals surface area contributed by atoms with Crippen molar-refractivity contribution < 1.29 is 119 Å². The summed E-state index contributed by atoms with van der Waals surface area (Å²) in [6.07, 6.45) is -10.2. The number of benzene rings is 12. The van der Waals surface area contributed by atoms with Crippen LogP contribution in [0.2, 0.25) is 0 Å². The van der Waals surface area contributed by atoms with Crippen molar-refractivity contribution in [3.8, 4) is 0 Å². The van der Waals surface area contributed by atoms with Gasteiger partial charge in [-0.05, 0) is 212 Å². The number of rotatable bonds is 21. The van der Waals surface area contributed by atoms with Gasteiger partial charge < -0.3 is 14.0 Å². The van der Waals surface area contributed by atoms with Crippen molar-refractivity contribution in [3.05, 3.63) is 425 Å². The molecule has 0 radical (unpaired) electrons. The van der Waals surface area contributed by atoms with Gasteiger partial charge in [0.15, 0.2) is 0 Å². The molecule has 0 amide bonds. The molecule has 0 saturated heterocycles. The van der Waals surface area contributed by atoms with E-state index >= 15 is 105 Å². The summed E-state index contributed by atoms with van der Waals surface area (Å²) in [6, 6.07) is 6.93. The second-order valence-electron chi connectivity index (χ2n) is 24.3. The molecule has 540 valence electrons. The summed E-state index contributed by atoms with van der Waals surface area (Å²) in [5.41, 5.74) is -26.5. The van der Waals surface area contributed by atoms with Gasteiger partial charge in [0.25, 0.3) is 0 Å². The Labute approximate surface area is 583 Å². The normalized spacial score (nSPS) is 12.9. The van der Waals surface area contributed by atoms with Crippen LogP contribution in [-0.2, 0) is 30.2 Å². The van der Waals surface area contributed by atoms with Gasteiger partial charge in [-0.15, -0.1) is 0 Å². The predicted molar refractivity (Wildman–Crippen MR) is 333 cm³/mol. The third-order valence-electron chi connectivity index (χ3n) is 17.3. The van der Waals surface area contributed by atoms with Crippen LogP contribution < -0.4 is 0 Å². The molecule has 0 aliphatic rings. The molecule has 0 spiro atoms. The molecule has 12 aromatic rings. The number of hydrogen-bond donors (Lipinski definition) is 0. The summed E-state index contributed by atoms with van der Waals surface area (Å²) in [5.74, 6) is -42.3. The highest BCUT2D eigenvalue weighted by molar-refractivity contribution is 6.36. The smallest absolute Gasteiger partial charge is 0.377 e. The molecule has 3 unspecified atom stereocenters. The molecule has 0 aliphatic heterocycles. The van der Waals surface area contributed by atoms with Gasteiger partial charge in [-0.2, -0.15) is 0 Å². The van der Waals surface area contributed by atoms with Gasteiger partial charge in [-0.3, -0.25) is 0 Å². The van der Waals surface area contributed by atoms with Crippen LogP contribution in [0.15, 0.2) is 218 Å². The fourth-order valence-electron chi connectivity index (χ4n) is 13.8. The van der Waals surface area contributed by atoms with E-state index in [-0.39, 0.29) is 218 Å². The third kappa shape index (κ3) is 15.0. The lowest BCUT2D eigenvalue weighted by Crippen LogP contribution is -2.48. The van der Waals surface area contributed by atoms with Crippen LogP contribution in [0, 0.1) is 140 Å². The first-order valence-electron chi connectivity index (χ1n) is 30.7. The Morgan fingerprint density at radius 1 is 0.151 bits per heavy atom. The molecule has 28 heteroatoms. The lowest BCUT2D eigenvalue weighted by molar-refractivity contribution is -0.0281.